The number of nitrogens with one attached hydrogen (secondary N) is 1. The van der Waals surface area contributed by atoms with Gasteiger partial charge in [0.15, 0.2) is 6.04 Å². The molecule has 1 aromatic carbocycles. The molecule has 1 N–H and O–H groups in total. The molecule has 0 radical (unpaired) electrons. The monoisotopic (exact) mass is 461 g/mol. The molecule has 2 heterocycles. The van der Waals surface area contributed by atoms with Crippen molar-refractivity contribution in [1.82, 2.24) is 10.3 Å². The molecule has 33 heavy (non-hydrogen) atoms. The maximum absolute atomic E-state index is 13.7. The van der Waals surface area contributed by atoms with E-state index in [0.717, 1.165) is 41.7 Å². The van der Waals surface area contributed by atoms with Crippen LogP contribution in [0, 0.1) is 13.8 Å². The molecule has 1 saturated carbocycles. The largest absolute Gasteiger partial charge is 0.351 e. The van der Waals surface area contributed by atoms with Crippen LogP contribution in [0.2, 0.25) is 0 Å². The van der Waals surface area contributed by atoms with E-state index in [0.29, 0.717) is 11.4 Å². The zero-order valence-corrected chi connectivity index (χ0v) is 20.1. The van der Waals surface area contributed by atoms with Crippen molar-refractivity contribution >= 4 is 28.8 Å². The number of nitrogens with zero attached hydrogens (tertiary/aromatic N) is 2. The van der Waals surface area contributed by atoms with Crippen LogP contribution in [0.3, 0.4) is 0 Å². The third-order valence-corrected chi connectivity index (χ3v) is 7.25. The Hall–Kier alpha value is -2.99. The molecule has 2 amide bonds. The Morgan fingerprint density at radius 3 is 2.55 bits per heavy atom. The molecule has 5 nitrogen and oxygen atoms in total. The van der Waals surface area contributed by atoms with Crippen molar-refractivity contribution in [1.29, 1.82) is 0 Å². The molecule has 1 fully saturated rings. The standard InChI is InChI=1S/C27H31N3O2S/c1-19-13-14-22(17-20(19)2)30(25(31)18-23-11-8-16-33-23)26(24-12-6-7-15-28-24)27(32)29-21-9-4-3-5-10-21/h6-8,11-17,21,26H,3-5,9-10,18H2,1-2H3,(H,29,32). The fourth-order valence-electron chi connectivity index (χ4n) is 4.41. The number of carbonyl (C=O) groups is 2. The summed E-state index contributed by atoms with van der Waals surface area (Å²) in [5.41, 5.74) is 3.51. The van der Waals surface area contributed by atoms with Crippen molar-refractivity contribution in [2.75, 3.05) is 4.90 Å². The molecular weight excluding hydrogens is 430 g/mol. The van der Waals surface area contributed by atoms with Crippen LogP contribution in [0.15, 0.2) is 60.1 Å². The normalized spacial score (nSPS) is 15.1. The Bertz CT molecular complexity index is 1080. The summed E-state index contributed by atoms with van der Waals surface area (Å²) in [4.78, 5) is 34.6. The molecule has 4 rings (SSSR count). The zero-order valence-electron chi connectivity index (χ0n) is 19.3. The van der Waals surface area contributed by atoms with Crippen LogP contribution in [-0.4, -0.2) is 22.8 Å². The third kappa shape index (κ3) is 5.69. The molecule has 3 aromatic rings. The molecule has 0 aliphatic heterocycles. The minimum absolute atomic E-state index is 0.116. The van der Waals surface area contributed by atoms with Crippen molar-refractivity contribution in [2.24, 2.45) is 0 Å². The van der Waals surface area contributed by atoms with Gasteiger partial charge in [0.2, 0.25) is 11.8 Å². The SMILES string of the molecule is Cc1ccc(N(C(=O)Cc2cccs2)C(C(=O)NC2CCCCC2)c2ccccn2)cc1C. The number of aromatic nitrogens is 1. The van der Waals surface area contributed by atoms with Gasteiger partial charge in [0.1, 0.15) is 0 Å². The minimum atomic E-state index is -0.831. The molecule has 2 aromatic heterocycles. The summed E-state index contributed by atoms with van der Waals surface area (Å²) in [7, 11) is 0. The number of rotatable bonds is 7. The fourth-order valence-corrected chi connectivity index (χ4v) is 5.10. The van der Waals surface area contributed by atoms with E-state index in [1.54, 1.807) is 22.4 Å². The van der Waals surface area contributed by atoms with Gasteiger partial charge in [0.05, 0.1) is 12.1 Å². The molecule has 6 heteroatoms. The number of amides is 2. The van der Waals surface area contributed by atoms with Crippen molar-refractivity contribution in [3.8, 4) is 0 Å². The second-order valence-corrected chi connectivity index (χ2v) is 9.82. The number of benzene rings is 1. The third-order valence-electron chi connectivity index (χ3n) is 6.37. The van der Waals surface area contributed by atoms with Crippen LogP contribution in [0.5, 0.6) is 0 Å². The summed E-state index contributed by atoms with van der Waals surface area (Å²) in [6.45, 7) is 4.07. The predicted molar refractivity (Wildman–Crippen MR) is 133 cm³/mol. The van der Waals surface area contributed by atoms with E-state index in [-0.39, 0.29) is 24.3 Å². The van der Waals surface area contributed by atoms with E-state index in [4.69, 9.17) is 0 Å². The van der Waals surface area contributed by atoms with Crippen LogP contribution in [0.25, 0.3) is 0 Å². The van der Waals surface area contributed by atoms with E-state index in [1.807, 2.05) is 67.8 Å². The van der Waals surface area contributed by atoms with Crippen molar-refractivity contribution in [3.05, 3.63) is 81.8 Å². The average Bonchev–Trinajstić information content (AvgIpc) is 3.33. The maximum atomic E-state index is 13.7. The van der Waals surface area contributed by atoms with Crippen molar-refractivity contribution in [2.45, 2.75) is 64.5 Å². The van der Waals surface area contributed by atoms with Crippen LogP contribution in [-0.2, 0) is 16.0 Å². The van der Waals surface area contributed by atoms with Gasteiger partial charge < -0.3 is 5.32 Å². The van der Waals surface area contributed by atoms with Crippen molar-refractivity contribution < 1.29 is 9.59 Å². The summed E-state index contributed by atoms with van der Waals surface area (Å²) in [6, 6.07) is 14.7. The molecule has 0 saturated heterocycles. The average molecular weight is 462 g/mol. The zero-order chi connectivity index (χ0) is 23.2. The lowest BCUT2D eigenvalue weighted by molar-refractivity contribution is -0.127. The highest BCUT2D eigenvalue weighted by molar-refractivity contribution is 7.10. The van der Waals surface area contributed by atoms with Gasteiger partial charge in [-0.1, -0.05) is 37.5 Å². The summed E-state index contributed by atoms with van der Waals surface area (Å²) in [6.07, 6.45) is 7.34. The number of carbonyl (C=O) groups excluding carboxylic acids is 2. The Kier molecular flexibility index (Phi) is 7.55. The van der Waals surface area contributed by atoms with E-state index < -0.39 is 6.04 Å². The Morgan fingerprint density at radius 2 is 1.88 bits per heavy atom. The summed E-state index contributed by atoms with van der Waals surface area (Å²) < 4.78 is 0. The molecule has 1 aliphatic rings. The topological polar surface area (TPSA) is 62.3 Å². The Balaban J connectivity index is 1.74. The Morgan fingerprint density at radius 1 is 1.06 bits per heavy atom. The van der Waals surface area contributed by atoms with Crippen LogP contribution in [0.1, 0.15) is 59.8 Å². The van der Waals surface area contributed by atoms with Gasteiger partial charge >= 0.3 is 0 Å². The molecule has 1 aliphatic carbocycles. The van der Waals surface area contributed by atoms with Gasteiger partial charge in [0, 0.05) is 22.8 Å². The second-order valence-electron chi connectivity index (χ2n) is 8.79. The first kappa shape index (κ1) is 23.2. The Labute approximate surface area is 199 Å². The van der Waals surface area contributed by atoms with Gasteiger partial charge in [-0.25, -0.2) is 0 Å². The van der Waals surface area contributed by atoms with Gasteiger partial charge in [0.25, 0.3) is 0 Å². The molecule has 1 atom stereocenters. The number of anilines is 1. The molecular formula is C27H31N3O2S. The lowest BCUT2D eigenvalue weighted by Crippen LogP contribution is -2.48. The molecule has 0 spiro atoms. The lowest BCUT2D eigenvalue weighted by Gasteiger charge is -2.33. The number of hydrogen-bond acceptors (Lipinski definition) is 4. The van der Waals surface area contributed by atoms with Gasteiger partial charge in [-0.05, 0) is 73.5 Å². The number of thiophene rings is 1. The van der Waals surface area contributed by atoms with Crippen molar-refractivity contribution in [3.63, 3.8) is 0 Å². The number of hydrogen-bond donors (Lipinski definition) is 1. The van der Waals surface area contributed by atoms with E-state index >= 15 is 0 Å². The maximum Gasteiger partial charge on any atom is 0.249 e. The first-order chi connectivity index (χ1) is 16.0. The minimum Gasteiger partial charge on any atom is -0.351 e. The fraction of sp³-hybridized carbons (Fsp3) is 0.370. The van der Waals surface area contributed by atoms with Crippen LogP contribution < -0.4 is 10.2 Å². The first-order valence-corrected chi connectivity index (χ1v) is 12.5. The van der Waals surface area contributed by atoms with Gasteiger partial charge in [-0.3, -0.25) is 19.5 Å². The number of pyridine rings is 1. The smallest absolute Gasteiger partial charge is 0.249 e. The first-order valence-electron chi connectivity index (χ1n) is 11.7. The quantitative estimate of drug-likeness (QED) is 0.503. The highest BCUT2D eigenvalue weighted by Crippen LogP contribution is 2.30. The molecule has 172 valence electrons. The second kappa shape index (κ2) is 10.8. The van der Waals surface area contributed by atoms with Gasteiger partial charge in [-0.2, -0.15) is 0 Å². The molecule has 0 bridgehead atoms. The predicted octanol–water partition coefficient (Wildman–Crippen LogP) is 5.53. The molecule has 1 unspecified atom stereocenters. The van der Waals surface area contributed by atoms with E-state index in [1.165, 1.54) is 6.42 Å². The summed E-state index contributed by atoms with van der Waals surface area (Å²) in [5.74, 6) is -0.284. The van der Waals surface area contributed by atoms with Gasteiger partial charge in [-0.15, -0.1) is 11.3 Å². The summed E-state index contributed by atoms with van der Waals surface area (Å²) in [5, 5.41) is 5.20. The highest BCUT2D eigenvalue weighted by atomic mass is 32.1. The van der Waals surface area contributed by atoms with E-state index in [2.05, 4.69) is 10.3 Å². The highest BCUT2D eigenvalue weighted by Gasteiger charge is 2.35. The van der Waals surface area contributed by atoms with Crippen LogP contribution in [0.4, 0.5) is 5.69 Å². The van der Waals surface area contributed by atoms with Crippen LogP contribution >= 0.6 is 11.3 Å². The lowest BCUT2D eigenvalue weighted by atomic mass is 9.95. The number of aryl methyl sites for hydroxylation is 2. The summed E-state index contributed by atoms with van der Waals surface area (Å²) >= 11 is 1.55. The van der Waals surface area contributed by atoms with E-state index in [9.17, 15) is 9.59 Å².